The van der Waals surface area contributed by atoms with E-state index in [9.17, 15) is 18.0 Å². The van der Waals surface area contributed by atoms with Crippen molar-refractivity contribution < 1.29 is 18.0 Å². The molecule has 1 aromatic rings. The van der Waals surface area contributed by atoms with Gasteiger partial charge in [0.2, 0.25) is 0 Å². The van der Waals surface area contributed by atoms with E-state index in [0.29, 0.717) is 12.8 Å². The number of alkyl halides is 3. The number of hydrogen-bond acceptors (Lipinski definition) is 2. The van der Waals surface area contributed by atoms with E-state index < -0.39 is 17.3 Å². The van der Waals surface area contributed by atoms with Gasteiger partial charge in [0, 0.05) is 18.8 Å². The first kappa shape index (κ1) is 11.2. The van der Waals surface area contributed by atoms with Crippen LogP contribution in [0.2, 0.25) is 0 Å². The van der Waals surface area contributed by atoms with Crippen molar-refractivity contribution in [1.82, 2.24) is 9.78 Å². The quantitative estimate of drug-likeness (QED) is 0.782. The first-order valence-corrected chi connectivity index (χ1v) is 4.90. The number of aromatic nitrogens is 2. The highest BCUT2D eigenvalue weighted by Crippen LogP contribution is 2.52. The Labute approximate surface area is 90.2 Å². The summed E-state index contributed by atoms with van der Waals surface area (Å²) in [5.74, 6) is -0.217. The zero-order valence-electron chi connectivity index (χ0n) is 8.93. The normalized spacial score (nSPS) is 18.6. The van der Waals surface area contributed by atoms with Crippen molar-refractivity contribution in [2.24, 2.45) is 7.05 Å². The van der Waals surface area contributed by atoms with Crippen LogP contribution in [-0.4, -0.2) is 15.6 Å². The van der Waals surface area contributed by atoms with Gasteiger partial charge in [-0.25, -0.2) is 0 Å². The number of carbonyl (C=O) groups excluding carboxylic acids is 1. The number of ketones is 1. The Bertz CT molecular complexity index is 443. The van der Waals surface area contributed by atoms with Gasteiger partial charge in [-0.3, -0.25) is 9.48 Å². The molecule has 1 aromatic heterocycles. The van der Waals surface area contributed by atoms with Gasteiger partial charge in [-0.05, 0) is 19.8 Å². The van der Waals surface area contributed by atoms with Crippen molar-refractivity contribution in [2.45, 2.75) is 31.4 Å². The Morgan fingerprint density at radius 1 is 1.50 bits per heavy atom. The third-order valence-electron chi connectivity index (χ3n) is 3.04. The Balaban J connectivity index is 2.54. The first-order chi connectivity index (χ1) is 7.27. The number of nitrogens with zero attached hydrogens (tertiary/aromatic N) is 2. The third-order valence-corrected chi connectivity index (χ3v) is 3.04. The predicted octanol–water partition coefficient (Wildman–Crippen LogP) is 2.06. The fraction of sp³-hybridized carbons (Fsp3) is 0.600. The number of carbonyl (C=O) groups is 1. The summed E-state index contributed by atoms with van der Waals surface area (Å²) in [7, 11) is 1.43. The van der Waals surface area contributed by atoms with Crippen molar-refractivity contribution in [1.29, 1.82) is 0 Å². The molecule has 0 aromatic carbocycles. The molecule has 6 heteroatoms. The maximum atomic E-state index is 12.7. The number of halogens is 3. The molecule has 0 spiro atoms. The third kappa shape index (κ3) is 1.52. The number of hydrogen-bond donors (Lipinski definition) is 0. The molecule has 1 saturated carbocycles. The van der Waals surface area contributed by atoms with Gasteiger partial charge in [0.05, 0.1) is 5.41 Å². The molecule has 1 aliphatic rings. The molecule has 3 nitrogen and oxygen atoms in total. The largest absolute Gasteiger partial charge is 0.435 e. The predicted molar refractivity (Wildman–Crippen MR) is 49.8 cm³/mol. The number of aryl methyl sites for hydroxylation is 1. The maximum Gasteiger partial charge on any atom is 0.435 e. The van der Waals surface area contributed by atoms with E-state index in [1.807, 2.05) is 0 Å². The second kappa shape index (κ2) is 3.09. The Hall–Kier alpha value is -1.33. The minimum atomic E-state index is -4.50. The van der Waals surface area contributed by atoms with Gasteiger partial charge in [-0.15, -0.1) is 0 Å². The molecule has 0 bridgehead atoms. The van der Waals surface area contributed by atoms with Gasteiger partial charge in [-0.2, -0.15) is 18.3 Å². The van der Waals surface area contributed by atoms with Crippen LogP contribution in [0.1, 0.15) is 31.0 Å². The van der Waals surface area contributed by atoms with Gasteiger partial charge in [0.25, 0.3) is 0 Å². The molecule has 1 aliphatic carbocycles. The van der Waals surface area contributed by atoms with Crippen molar-refractivity contribution in [3.05, 3.63) is 17.5 Å². The number of Topliss-reactive ketones (excluding diaryl/α,β-unsaturated/α-hetero) is 1. The van der Waals surface area contributed by atoms with E-state index >= 15 is 0 Å². The minimum Gasteiger partial charge on any atom is -0.299 e. The summed E-state index contributed by atoms with van der Waals surface area (Å²) in [6.45, 7) is 1.33. The van der Waals surface area contributed by atoms with Crippen LogP contribution in [0.4, 0.5) is 13.2 Å². The highest BCUT2D eigenvalue weighted by Gasteiger charge is 2.54. The Morgan fingerprint density at radius 2 is 2.06 bits per heavy atom. The average molecular weight is 232 g/mol. The zero-order chi connectivity index (χ0) is 12.1. The van der Waals surface area contributed by atoms with Gasteiger partial charge in [0.15, 0.2) is 5.69 Å². The summed E-state index contributed by atoms with van der Waals surface area (Å²) in [4.78, 5) is 11.4. The zero-order valence-corrected chi connectivity index (χ0v) is 8.93. The molecular weight excluding hydrogens is 221 g/mol. The van der Waals surface area contributed by atoms with E-state index in [0.717, 1.165) is 4.68 Å². The Morgan fingerprint density at radius 3 is 2.44 bits per heavy atom. The van der Waals surface area contributed by atoms with Crippen molar-refractivity contribution in [3.63, 3.8) is 0 Å². The highest BCUT2D eigenvalue weighted by molar-refractivity contribution is 5.91. The summed E-state index contributed by atoms with van der Waals surface area (Å²) in [6, 6.07) is 0. The van der Waals surface area contributed by atoms with Crippen molar-refractivity contribution in [3.8, 4) is 0 Å². The standard InChI is InChI=1S/C10H11F3N2O/c1-6(16)9(3-4-9)7-5-15(2)14-8(7)10(11,12)13/h5H,3-4H2,1-2H3. The summed E-state index contributed by atoms with van der Waals surface area (Å²) in [5, 5.41) is 3.41. The van der Waals surface area contributed by atoms with Crippen LogP contribution in [0.3, 0.4) is 0 Å². The monoisotopic (exact) mass is 232 g/mol. The van der Waals surface area contributed by atoms with Crippen LogP contribution in [0.15, 0.2) is 6.20 Å². The molecule has 0 amide bonds. The molecule has 1 heterocycles. The fourth-order valence-corrected chi connectivity index (χ4v) is 1.98. The van der Waals surface area contributed by atoms with E-state index in [2.05, 4.69) is 5.10 Å². The van der Waals surface area contributed by atoms with Crippen LogP contribution in [-0.2, 0) is 23.4 Å². The van der Waals surface area contributed by atoms with E-state index in [-0.39, 0.29) is 11.3 Å². The van der Waals surface area contributed by atoms with Crippen LogP contribution in [0, 0.1) is 0 Å². The average Bonchev–Trinajstić information content (AvgIpc) is 2.83. The van der Waals surface area contributed by atoms with Crippen LogP contribution in [0.25, 0.3) is 0 Å². The lowest BCUT2D eigenvalue weighted by molar-refractivity contribution is -0.142. The smallest absolute Gasteiger partial charge is 0.299 e. The molecule has 16 heavy (non-hydrogen) atoms. The van der Waals surface area contributed by atoms with Gasteiger partial charge >= 0.3 is 6.18 Å². The molecule has 0 aliphatic heterocycles. The Kier molecular flexibility index (Phi) is 2.15. The minimum absolute atomic E-state index is 0.0231. The van der Waals surface area contributed by atoms with Gasteiger partial charge < -0.3 is 0 Å². The molecule has 1 fully saturated rings. The van der Waals surface area contributed by atoms with E-state index in [4.69, 9.17) is 0 Å². The summed E-state index contributed by atoms with van der Waals surface area (Å²) in [5.41, 5.74) is -1.84. The van der Waals surface area contributed by atoms with Gasteiger partial charge in [0.1, 0.15) is 5.78 Å². The number of rotatable bonds is 2. The molecule has 0 saturated heterocycles. The summed E-state index contributed by atoms with van der Waals surface area (Å²) < 4.78 is 39.2. The lowest BCUT2D eigenvalue weighted by Crippen LogP contribution is -2.21. The summed E-state index contributed by atoms with van der Waals surface area (Å²) >= 11 is 0. The van der Waals surface area contributed by atoms with E-state index in [1.165, 1.54) is 20.2 Å². The molecule has 0 radical (unpaired) electrons. The second-order valence-electron chi connectivity index (χ2n) is 4.20. The topological polar surface area (TPSA) is 34.9 Å². The fourth-order valence-electron chi connectivity index (χ4n) is 1.98. The SMILES string of the molecule is CC(=O)C1(c2cn(C)nc2C(F)(F)F)CC1. The molecule has 2 rings (SSSR count). The molecular formula is C10H11F3N2O. The summed E-state index contributed by atoms with van der Waals surface area (Å²) in [6.07, 6.45) is -2.23. The molecule has 88 valence electrons. The van der Waals surface area contributed by atoms with E-state index in [1.54, 1.807) is 0 Å². The van der Waals surface area contributed by atoms with Crippen LogP contribution >= 0.6 is 0 Å². The van der Waals surface area contributed by atoms with Gasteiger partial charge in [-0.1, -0.05) is 0 Å². The van der Waals surface area contributed by atoms with Crippen LogP contribution < -0.4 is 0 Å². The molecule has 0 N–H and O–H groups in total. The van der Waals surface area contributed by atoms with Crippen molar-refractivity contribution >= 4 is 5.78 Å². The second-order valence-corrected chi connectivity index (χ2v) is 4.20. The lowest BCUT2D eigenvalue weighted by Gasteiger charge is -2.12. The van der Waals surface area contributed by atoms with Crippen molar-refractivity contribution in [2.75, 3.05) is 0 Å². The van der Waals surface area contributed by atoms with Crippen LogP contribution in [0.5, 0.6) is 0 Å². The highest BCUT2D eigenvalue weighted by atomic mass is 19.4. The maximum absolute atomic E-state index is 12.7. The first-order valence-electron chi connectivity index (χ1n) is 4.90. The lowest BCUT2D eigenvalue weighted by atomic mass is 9.92. The molecule has 0 atom stereocenters. The molecule has 0 unspecified atom stereocenters.